The van der Waals surface area contributed by atoms with Gasteiger partial charge >= 0.3 is 5.97 Å². The Balaban J connectivity index is 1.69. The highest BCUT2D eigenvalue weighted by Gasteiger charge is 2.38. The number of carbonyl (C=O) groups is 2. The first kappa shape index (κ1) is 15.7. The smallest absolute Gasteiger partial charge is 0.326 e. The van der Waals surface area contributed by atoms with Crippen molar-refractivity contribution in [3.63, 3.8) is 0 Å². The maximum atomic E-state index is 12.4. The van der Waals surface area contributed by atoms with Crippen molar-refractivity contribution in [1.29, 1.82) is 5.26 Å². The number of amides is 1. The fraction of sp³-hybridized carbons (Fsp3) is 0.222. The predicted octanol–water partition coefficient (Wildman–Crippen LogP) is 2.24. The number of hydrogen-bond acceptors (Lipinski definition) is 5. The minimum absolute atomic E-state index is 0.108. The number of nitriles is 1. The summed E-state index contributed by atoms with van der Waals surface area (Å²) in [6.45, 7) is -0.0514. The molecule has 24 heavy (non-hydrogen) atoms. The molecule has 1 aromatic heterocycles. The molecular formula is C18H15N3O3. The van der Waals surface area contributed by atoms with Gasteiger partial charge in [0.25, 0.3) is 5.91 Å². The zero-order valence-corrected chi connectivity index (χ0v) is 12.9. The lowest BCUT2D eigenvalue weighted by atomic mass is 10.1. The quantitative estimate of drug-likeness (QED) is 0.789. The number of pyridine rings is 1. The second kappa shape index (κ2) is 6.92. The van der Waals surface area contributed by atoms with Crippen LogP contribution in [-0.2, 0) is 16.1 Å². The normalized spacial score (nSPS) is 15.7. The van der Waals surface area contributed by atoms with E-state index in [1.807, 2.05) is 30.3 Å². The van der Waals surface area contributed by atoms with Crippen LogP contribution in [0.1, 0.15) is 34.1 Å². The summed E-state index contributed by atoms with van der Waals surface area (Å²) >= 11 is 0. The third-order valence-corrected chi connectivity index (χ3v) is 3.86. The van der Waals surface area contributed by atoms with Crippen molar-refractivity contribution in [2.45, 2.75) is 19.1 Å². The van der Waals surface area contributed by atoms with Gasteiger partial charge in [-0.3, -0.25) is 14.6 Å². The maximum Gasteiger partial charge on any atom is 0.326 e. The molecule has 0 bridgehead atoms. The summed E-state index contributed by atoms with van der Waals surface area (Å²) in [7, 11) is 0. The zero-order valence-electron chi connectivity index (χ0n) is 12.9. The summed E-state index contributed by atoms with van der Waals surface area (Å²) in [6, 6.07) is 14.4. The van der Waals surface area contributed by atoms with Crippen molar-refractivity contribution < 1.29 is 14.3 Å². The third-order valence-electron chi connectivity index (χ3n) is 3.86. The van der Waals surface area contributed by atoms with E-state index >= 15 is 0 Å². The lowest BCUT2D eigenvalue weighted by Crippen LogP contribution is -2.34. The number of rotatable bonds is 5. The molecule has 6 nitrogen and oxygen atoms in total. The fourth-order valence-electron chi connectivity index (χ4n) is 2.72. The van der Waals surface area contributed by atoms with Crippen LogP contribution in [-0.4, -0.2) is 28.3 Å². The molecule has 2 heterocycles. The van der Waals surface area contributed by atoms with Gasteiger partial charge in [0.05, 0.1) is 18.5 Å². The van der Waals surface area contributed by atoms with Crippen molar-refractivity contribution in [3.8, 4) is 6.07 Å². The first-order chi connectivity index (χ1) is 11.7. The topological polar surface area (TPSA) is 83.3 Å². The largest absolute Gasteiger partial charge is 0.459 e. The molecule has 0 spiro atoms. The molecule has 1 aliphatic heterocycles. The molecule has 1 atom stereocenters. The highest BCUT2D eigenvalue weighted by atomic mass is 16.5. The highest BCUT2D eigenvalue weighted by molar-refractivity contribution is 5.99. The Kier molecular flexibility index (Phi) is 4.52. The average molecular weight is 321 g/mol. The van der Waals surface area contributed by atoms with Gasteiger partial charge in [0.2, 0.25) is 0 Å². The zero-order chi connectivity index (χ0) is 16.9. The first-order valence-electron chi connectivity index (χ1n) is 7.53. The van der Waals surface area contributed by atoms with Gasteiger partial charge in [-0.2, -0.15) is 5.26 Å². The van der Waals surface area contributed by atoms with E-state index in [2.05, 4.69) is 11.1 Å². The molecule has 2 aromatic rings. The van der Waals surface area contributed by atoms with Gasteiger partial charge in [-0.25, -0.2) is 0 Å². The molecule has 1 amide bonds. The summed E-state index contributed by atoms with van der Waals surface area (Å²) in [6.07, 6.45) is 1.63. The van der Waals surface area contributed by atoms with Crippen LogP contribution in [0.15, 0.2) is 48.7 Å². The summed E-state index contributed by atoms with van der Waals surface area (Å²) in [5.74, 6) is -0.856. The monoisotopic (exact) mass is 321 g/mol. The van der Waals surface area contributed by atoms with Gasteiger partial charge in [0.15, 0.2) is 0 Å². The molecule has 1 unspecified atom stereocenters. The van der Waals surface area contributed by atoms with Crippen LogP contribution in [0.25, 0.3) is 0 Å². The number of esters is 1. The minimum Gasteiger partial charge on any atom is -0.459 e. The van der Waals surface area contributed by atoms with Crippen LogP contribution >= 0.6 is 0 Å². The number of aromatic nitrogens is 1. The lowest BCUT2D eigenvalue weighted by molar-refractivity contribution is -0.146. The molecule has 0 aliphatic carbocycles. The van der Waals surface area contributed by atoms with Crippen molar-refractivity contribution in [1.82, 2.24) is 9.88 Å². The molecule has 6 heteroatoms. The Morgan fingerprint density at radius 2 is 2.04 bits per heavy atom. The van der Waals surface area contributed by atoms with Gasteiger partial charge in [0, 0.05) is 11.8 Å². The number of nitrogens with zero attached hydrogens (tertiary/aromatic N) is 3. The lowest BCUT2D eigenvalue weighted by Gasteiger charge is -2.22. The molecule has 3 rings (SSSR count). The van der Waals surface area contributed by atoms with Crippen LogP contribution in [0.3, 0.4) is 0 Å². The number of fused-ring (bicyclic) bond motifs is 1. The van der Waals surface area contributed by atoms with E-state index in [0.717, 1.165) is 5.56 Å². The van der Waals surface area contributed by atoms with E-state index in [-0.39, 0.29) is 25.5 Å². The van der Waals surface area contributed by atoms with E-state index in [1.54, 1.807) is 12.1 Å². The maximum absolute atomic E-state index is 12.4. The molecular weight excluding hydrogens is 306 g/mol. The number of benzene rings is 1. The molecule has 1 aromatic carbocycles. The SMILES string of the molecule is N#CCC1c2cccnc2C(=O)N1CC(=O)OCc1ccccc1. The molecule has 0 radical (unpaired) electrons. The van der Waals surface area contributed by atoms with Gasteiger partial charge in [-0.1, -0.05) is 36.4 Å². The Hall–Kier alpha value is -3.20. The third kappa shape index (κ3) is 3.10. The van der Waals surface area contributed by atoms with E-state index in [4.69, 9.17) is 10.00 Å². The second-order valence-electron chi connectivity index (χ2n) is 5.40. The minimum atomic E-state index is -0.511. The van der Waals surface area contributed by atoms with Crippen LogP contribution in [0.5, 0.6) is 0 Å². The molecule has 0 saturated heterocycles. The highest BCUT2D eigenvalue weighted by Crippen LogP contribution is 2.34. The van der Waals surface area contributed by atoms with E-state index < -0.39 is 12.0 Å². The molecule has 0 fully saturated rings. The fourth-order valence-corrected chi connectivity index (χ4v) is 2.72. The van der Waals surface area contributed by atoms with E-state index in [0.29, 0.717) is 11.3 Å². The van der Waals surface area contributed by atoms with Crippen LogP contribution < -0.4 is 0 Å². The number of carbonyl (C=O) groups excluding carboxylic acids is 2. The Morgan fingerprint density at radius 1 is 1.25 bits per heavy atom. The summed E-state index contributed by atoms with van der Waals surface area (Å²) < 4.78 is 5.23. The standard InChI is InChI=1S/C18H15N3O3/c19-9-8-15-14-7-4-10-20-17(14)18(23)21(15)11-16(22)24-12-13-5-2-1-3-6-13/h1-7,10,15H,8,11-12H2. The predicted molar refractivity (Wildman–Crippen MR) is 84.5 cm³/mol. The average Bonchev–Trinajstić information content (AvgIpc) is 2.87. The second-order valence-corrected chi connectivity index (χ2v) is 5.40. The summed E-state index contributed by atoms with van der Waals surface area (Å²) in [5, 5.41) is 9.02. The van der Waals surface area contributed by atoms with E-state index in [9.17, 15) is 9.59 Å². The summed E-state index contributed by atoms with van der Waals surface area (Å²) in [4.78, 5) is 30.0. The van der Waals surface area contributed by atoms with Crippen molar-refractivity contribution in [2.75, 3.05) is 6.54 Å². The van der Waals surface area contributed by atoms with E-state index in [1.165, 1.54) is 11.1 Å². The Morgan fingerprint density at radius 3 is 2.79 bits per heavy atom. The Labute approximate surface area is 139 Å². The number of ether oxygens (including phenoxy) is 1. The van der Waals surface area contributed by atoms with Crippen molar-refractivity contribution in [3.05, 3.63) is 65.5 Å². The molecule has 0 saturated carbocycles. The van der Waals surface area contributed by atoms with Crippen LogP contribution in [0.2, 0.25) is 0 Å². The molecule has 120 valence electrons. The van der Waals surface area contributed by atoms with Gasteiger partial charge in [-0.05, 0) is 11.6 Å². The molecule has 1 aliphatic rings. The van der Waals surface area contributed by atoms with Crippen molar-refractivity contribution >= 4 is 11.9 Å². The number of hydrogen-bond donors (Lipinski definition) is 0. The van der Waals surface area contributed by atoms with Crippen molar-refractivity contribution in [2.24, 2.45) is 0 Å². The molecule has 0 N–H and O–H groups in total. The van der Waals surface area contributed by atoms with Gasteiger partial charge in [0.1, 0.15) is 18.8 Å². The van der Waals surface area contributed by atoms with Crippen LogP contribution in [0.4, 0.5) is 0 Å². The first-order valence-corrected chi connectivity index (χ1v) is 7.53. The van der Waals surface area contributed by atoms with Gasteiger partial charge in [-0.15, -0.1) is 0 Å². The summed E-state index contributed by atoms with van der Waals surface area (Å²) in [5.41, 5.74) is 1.85. The Bertz CT molecular complexity index is 799. The van der Waals surface area contributed by atoms with Gasteiger partial charge < -0.3 is 9.64 Å². The van der Waals surface area contributed by atoms with Crippen LogP contribution in [0, 0.1) is 11.3 Å².